The van der Waals surface area contributed by atoms with Gasteiger partial charge in [0.15, 0.2) is 5.96 Å². The fraction of sp³-hybridized carbons (Fsp3) is 0.621. The Labute approximate surface area is 311 Å². The van der Waals surface area contributed by atoms with Gasteiger partial charge < -0.3 is 74.5 Å². The zero-order chi connectivity index (χ0) is 40.7. The first-order valence-corrected chi connectivity index (χ1v) is 17.4. The van der Waals surface area contributed by atoms with Gasteiger partial charge in [0.25, 0.3) is 5.91 Å². The molecule has 0 spiro atoms. The van der Waals surface area contributed by atoms with Crippen molar-refractivity contribution in [3.05, 3.63) is 11.3 Å². The van der Waals surface area contributed by atoms with Crippen LogP contribution in [-0.4, -0.2) is 158 Å². The van der Waals surface area contributed by atoms with Crippen molar-refractivity contribution < 1.29 is 68.6 Å². The Balaban J connectivity index is 2.15. The summed E-state index contributed by atoms with van der Waals surface area (Å²) in [5.74, 6) is -8.00. The van der Waals surface area contributed by atoms with Crippen molar-refractivity contribution in [3.8, 4) is 0 Å². The average molecular weight is 791 g/mol. The van der Waals surface area contributed by atoms with Crippen molar-refractivity contribution in [2.24, 2.45) is 27.9 Å². The standard InChI is InChI=1S/C29H46N10O14S/c30-14(24(48)49)3-1-5-19(44)38-29(35-12-42)26(52)39-21(25(50)51)13(11-54-27(29)39)10-53-20(45)7-18(43)16(4-2-6-34-28(32)33)36-23(47)17(9-41)37-22(46)15(31)8-40/h12,14-18,27,40-41,43H,1-11,30-31H2,(H,35,42)(H,36,47)(H,37,46)(H,38,44)(H,48,49)(H,50,51)(H4,32,33,34). The number of esters is 1. The highest BCUT2D eigenvalue weighted by molar-refractivity contribution is 8.00. The number of aliphatic hydroxyl groups is 3. The summed E-state index contributed by atoms with van der Waals surface area (Å²) in [6.45, 7) is -2.24. The van der Waals surface area contributed by atoms with E-state index >= 15 is 0 Å². The maximum Gasteiger partial charge on any atom is 0.352 e. The van der Waals surface area contributed by atoms with Crippen molar-refractivity contribution in [2.45, 2.75) is 79.8 Å². The number of nitrogens with one attached hydrogen (secondary N) is 4. The monoisotopic (exact) mass is 790 g/mol. The first-order valence-electron chi connectivity index (χ1n) is 16.3. The van der Waals surface area contributed by atoms with E-state index in [4.69, 9.17) is 37.9 Å². The smallest absolute Gasteiger partial charge is 0.352 e. The number of aliphatic imine (C=N–C) groups is 1. The number of aliphatic carboxylic acids is 2. The van der Waals surface area contributed by atoms with E-state index in [9.17, 15) is 53.7 Å². The molecule has 1 fully saturated rings. The zero-order valence-corrected chi connectivity index (χ0v) is 29.7. The average Bonchev–Trinajstić information content (AvgIpc) is 3.12. The Morgan fingerprint density at radius 2 is 1.70 bits per heavy atom. The summed E-state index contributed by atoms with van der Waals surface area (Å²) in [4.78, 5) is 103. The number of nitrogens with two attached hydrogens (primary N) is 4. The third kappa shape index (κ3) is 12.0. The lowest BCUT2D eigenvalue weighted by atomic mass is 9.94. The Bertz CT molecular complexity index is 1490. The lowest BCUT2D eigenvalue weighted by molar-refractivity contribution is -0.162. The lowest BCUT2D eigenvalue weighted by Gasteiger charge is -2.56. The molecule has 54 heavy (non-hydrogen) atoms. The molecule has 1 saturated heterocycles. The van der Waals surface area contributed by atoms with E-state index in [0.717, 1.165) is 16.7 Å². The molecule has 0 aromatic rings. The molecule has 0 aromatic heterocycles. The van der Waals surface area contributed by atoms with Gasteiger partial charge in [-0.05, 0) is 25.7 Å². The van der Waals surface area contributed by atoms with E-state index in [1.165, 1.54) is 0 Å². The molecule has 2 heterocycles. The molecule has 2 rings (SSSR count). The van der Waals surface area contributed by atoms with Crippen LogP contribution in [0.25, 0.3) is 0 Å². The van der Waals surface area contributed by atoms with Gasteiger partial charge in [0.05, 0.1) is 31.8 Å². The second-order valence-corrected chi connectivity index (χ2v) is 13.1. The van der Waals surface area contributed by atoms with Crippen LogP contribution in [0.2, 0.25) is 0 Å². The largest absolute Gasteiger partial charge is 0.480 e. The van der Waals surface area contributed by atoms with E-state index < -0.39 is 115 Å². The van der Waals surface area contributed by atoms with Gasteiger partial charge in [0.2, 0.25) is 29.8 Å². The molecule has 2 aliphatic heterocycles. The maximum absolute atomic E-state index is 13.4. The molecule has 7 atom stereocenters. The molecule has 2 aliphatic rings. The van der Waals surface area contributed by atoms with Crippen LogP contribution < -0.4 is 44.2 Å². The highest BCUT2D eigenvalue weighted by Gasteiger charge is 2.66. The Kier molecular flexibility index (Phi) is 17.5. The van der Waals surface area contributed by atoms with E-state index in [0.29, 0.717) is 0 Å². The number of carbonyl (C=O) groups is 8. The molecule has 25 heteroatoms. The predicted octanol–water partition coefficient (Wildman–Crippen LogP) is -6.99. The summed E-state index contributed by atoms with van der Waals surface area (Å²) in [6, 6.07) is -5.36. The van der Waals surface area contributed by atoms with Crippen molar-refractivity contribution >= 4 is 65.7 Å². The van der Waals surface area contributed by atoms with E-state index in [1.807, 2.05) is 0 Å². The normalized spacial score (nSPS) is 20.4. The first-order chi connectivity index (χ1) is 25.4. The number of guanidine groups is 1. The quantitative estimate of drug-likeness (QED) is 0.00821. The second kappa shape index (κ2) is 21.0. The minimum atomic E-state index is -2.03. The highest BCUT2D eigenvalue weighted by atomic mass is 32.2. The molecule has 17 N–H and O–H groups in total. The number of aliphatic hydroxyl groups excluding tert-OH is 3. The summed E-state index contributed by atoms with van der Waals surface area (Å²) in [5, 5.41) is 56.6. The van der Waals surface area contributed by atoms with Crippen LogP contribution in [0.15, 0.2) is 16.3 Å². The van der Waals surface area contributed by atoms with Gasteiger partial charge >= 0.3 is 17.9 Å². The van der Waals surface area contributed by atoms with Crippen molar-refractivity contribution in [1.82, 2.24) is 26.2 Å². The summed E-state index contributed by atoms with van der Waals surface area (Å²) in [5.41, 5.74) is 18.8. The number of amides is 5. The van der Waals surface area contributed by atoms with Crippen molar-refractivity contribution in [2.75, 3.05) is 32.1 Å². The molecule has 5 amide bonds. The van der Waals surface area contributed by atoms with Crippen molar-refractivity contribution in [1.29, 1.82) is 0 Å². The third-order valence-corrected chi connectivity index (χ3v) is 9.50. The molecule has 0 radical (unpaired) electrons. The van der Waals surface area contributed by atoms with E-state index in [1.54, 1.807) is 0 Å². The minimum Gasteiger partial charge on any atom is -0.480 e. The van der Waals surface area contributed by atoms with Crippen LogP contribution in [0, 0.1) is 0 Å². The SMILES string of the molecule is NC(N)=NCCCC(NC(=O)C(CO)NC(=O)C(N)CO)C(O)CC(=O)OCC1=C(C(=O)O)N2C(=O)C(NC=O)(NC(=O)CCCC(N)C(=O)O)C2SC1. The number of hydrogen-bond acceptors (Lipinski definition) is 16. The number of carboxylic acids is 2. The molecule has 302 valence electrons. The second-order valence-electron chi connectivity index (χ2n) is 12.1. The number of nitrogens with zero attached hydrogens (tertiary/aromatic N) is 2. The number of carbonyl (C=O) groups excluding carboxylic acids is 6. The van der Waals surface area contributed by atoms with Crippen LogP contribution in [0.4, 0.5) is 0 Å². The van der Waals surface area contributed by atoms with Crippen LogP contribution in [0.3, 0.4) is 0 Å². The fourth-order valence-corrected chi connectivity index (χ4v) is 6.66. The summed E-state index contributed by atoms with van der Waals surface area (Å²) < 4.78 is 5.22. The van der Waals surface area contributed by atoms with Crippen LogP contribution in [0.5, 0.6) is 0 Å². The summed E-state index contributed by atoms with van der Waals surface area (Å²) in [7, 11) is 0. The molecule has 0 aromatic carbocycles. The van der Waals surface area contributed by atoms with E-state index in [2.05, 4.69) is 26.3 Å². The number of β-lactam (4-membered cyclic amide) rings is 1. The van der Waals surface area contributed by atoms with Gasteiger partial charge in [-0.3, -0.25) is 43.5 Å². The topological polar surface area (TPSA) is 415 Å². The van der Waals surface area contributed by atoms with Gasteiger partial charge in [-0.25, -0.2) is 4.79 Å². The van der Waals surface area contributed by atoms with Gasteiger partial charge in [0, 0.05) is 24.3 Å². The Morgan fingerprint density at radius 3 is 2.28 bits per heavy atom. The van der Waals surface area contributed by atoms with Crippen LogP contribution >= 0.6 is 11.8 Å². The Morgan fingerprint density at radius 1 is 1.02 bits per heavy atom. The van der Waals surface area contributed by atoms with E-state index in [-0.39, 0.29) is 62.3 Å². The summed E-state index contributed by atoms with van der Waals surface area (Å²) >= 11 is 0.931. The number of carboxylic acid groups (broad SMARTS) is 2. The molecule has 0 saturated carbocycles. The number of fused-ring (bicyclic) bond motifs is 1. The number of ether oxygens (including phenoxy) is 1. The summed E-state index contributed by atoms with van der Waals surface area (Å²) in [6.07, 6.45) is -2.37. The molecular formula is C29H46N10O14S. The third-order valence-electron chi connectivity index (χ3n) is 8.11. The predicted molar refractivity (Wildman–Crippen MR) is 185 cm³/mol. The molecule has 0 aliphatic carbocycles. The van der Waals surface area contributed by atoms with Crippen LogP contribution in [0.1, 0.15) is 38.5 Å². The molecular weight excluding hydrogens is 744 g/mol. The lowest BCUT2D eigenvalue weighted by Crippen LogP contribution is -2.85. The number of thioether (sulfide) groups is 1. The van der Waals surface area contributed by atoms with Gasteiger partial charge in [0.1, 0.15) is 35.8 Å². The van der Waals surface area contributed by atoms with Crippen molar-refractivity contribution in [3.63, 3.8) is 0 Å². The zero-order valence-electron chi connectivity index (χ0n) is 28.8. The fourth-order valence-electron chi connectivity index (χ4n) is 5.25. The molecule has 0 bridgehead atoms. The van der Waals surface area contributed by atoms with Gasteiger partial charge in [-0.2, -0.15) is 0 Å². The molecule has 24 nitrogen and oxygen atoms in total. The molecule has 7 unspecified atom stereocenters. The van der Waals surface area contributed by atoms with Crippen LogP contribution in [-0.2, 0) is 43.1 Å². The van der Waals surface area contributed by atoms with Gasteiger partial charge in [-0.1, -0.05) is 0 Å². The van der Waals surface area contributed by atoms with Gasteiger partial charge in [-0.15, -0.1) is 11.8 Å². The number of rotatable bonds is 24. The Hall–Kier alpha value is -5.08. The maximum atomic E-state index is 13.4. The number of hydrogen-bond donors (Lipinski definition) is 13. The highest BCUT2D eigenvalue weighted by Crippen LogP contribution is 2.45. The first kappa shape index (κ1) is 45.1. The minimum absolute atomic E-state index is 0.0222.